The van der Waals surface area contributed by atoms with Crippen LogP contribution in [0.2, 0.25) is 0 Å². The van der Waals surface area contributed by atoms with Gasteiger partial charge in [-0.1, -0.05) is 24.3 Å². The second-order valence-electron chi connectivity index (χ2n) is 5.63. The summed E-state index contributed by atoms with van der Waals surface area (Å²) in [7, 11) is 3.64. The van der Waals surface area contributed by atoms with Crippen LogP contribution in [-0.2, 0) is 20.1 Å². The molecular formula is C17H23N7. The van der Waals surface area contributed by atoms with Crippen molar-refractivity contribution < 1.29 is 0 Å². The highest BCUT2D eigenvalue weighted by atomic mass is 15.3. The summed E-state index contributed by atoms with van der Waals surface area (Å²) in [5.41, 5.74) is 2.47. The average Bonchev–Trinajstić information content (AvgIpc) is 3.27. The van der Waals surface area contributed by atoms with Gasteiger partial charge in [0.25, 0.3) is 0 Å². The van der Waals surface area contributed by atoms with E-state index in [-0.39, 0.29) is 0 Å². The predicted octanol–water partition coefficient (Wildman–Crippen LogP) is 1.06. The van der Waals surface area contributed by atoms with Gasteiger partial charge in [0.1, 0.15) is 12.2 Å². The third kappa shape index (κ3) is 3.92. The Morgan fingerprint density at radius 2 is 2.00 bits per heavy atom. The molecule has 0 saturated carbocycles. The topological polar surface area (TPSA) is 70.4 Å². The van der Waals surface area contributed by atoms with Gasteiger partial charge >= 0.3 is 0 Å². The summed E-state index contributed by atoms with van der Waals surface area (Å²) >= 11 is 0. The number of nitrogens with zero attached hydrogens (tertiary/aromatic N) is 5. The van der Waals surface area contributed by atoms with E-state index in [1.807, 2.05) is 7.05 Å². The molecule has 1 aliphatic heterocycles. The minimum atomic E-state index is 0.579. The Labute approximate surface area is 142 Å². The smallest absolute Gasteiger partial charge is 0.191 e. The van der Waals surface area contributed by atoms with Crippen molar-refractivity contribution in [3.05, 3.63) is 54.1 Å². The monoisotopic (exact) mass is 325 g/mol. The van der Waals surface area contributed by atoms with Crippen LogP contribution in [0.15, 0.2) is 47.7 Å². The first-order valence-corrected chi connectivity index (χ1v) is 8.02. The van der Waals surface area contributed by atoms with Crippen molar-refractivity contribution in [1.82, 2.24) is 25.4 Å². The van der Waals surface area contributed by atoms with Gasteiger partial charge in [-0.15, -0.1) is 0 Å². The maximum Gasteiger partial charge on any atom is 0.191 e. The summed E-state index contributed by atoms with van der Waals surface area (Å²) in [4.78, 5) is 10.8. The van der Waals surface area contributed by atoms with E-state index >= 15 is 0 Å². The summed E-state index contributed by atoms with van der Waals surface area (Å²) in [5.74, 6) is 1.60. The number of hydrogen-bond acceptors (Lipinski definition) is 4. The molecule has 126 valence electrons. The second-order valence-corrected chi connectivity index (χ2v) is 5.63. The molecule has 0 saturated heterocycles. The molecule has 24 heavy (non-hydrogen) atoms. The maximum absolute atomic E-state index is 4.25. The van der Waals surface area contributed by atoms with Crippen molar-refractivity contribution in [2.45, 2.75) is 13.1 Å². The molecular weight excluding hydrogens is 302 g/mol. The molecule has 1 aliphatic rings. The van der Waals surface area contributed by atoms with Crippen LogP contribution in [0.5, 0.6) is 0 Å². The van der Waals surface area contributed by atoms with Crippen LogP contribution >= 0.6 is 0 Å². The fourth-order valence-electron chi connectivity index (χ4n) is 2.60. The van der Waals surface area contributed by atoms with Crippen molar-refractivity contribution in [3.8, 4) is 0 Å². The lowest BCUT2D eigenvalue weighted by Gasteiger charge is -2.19. The van der Waals surface area contributed by atoms with Gasteiger partial charge in [0.05, 0.1) is 6.54 Å². The number of aliphatic imine (C=N–C) groups is 1. The Balaban J connectivity index is 1.54. The average molecular weight is 325 g/mol. The molecule has 0 aliphatic carbocycles. The van der Waals surface area contributed by atoms with Crippen molar-refractivity contribution in [1.29, 1.82) is 0 Å². The van der Waals surface area contributed by atoms with Crippen molar-refractivity contribution >= 4 is 11.6 Å². The molecule has 7 heteroatoms. The van der Waals surface area contributed by atoms with Gasteiger partial charge in [-0.05, 0) is 17.7 Å². The van der Waals surface area contributed by atoms with Crippen LogP contribution in [-0.4, -0.2) is 40.9 Å². The Bertz CT molecular complexity index is 724. The molecule has 7 nitrogen and oxygen atoms in total. The van der Waals surface area contributed by atoms with Crippen molar-refractivity contribution in [2.24, 2.45) is 12.0 Å². The lowest BCUT2D eigenvalue weighted by atomic mass is 10.2. The minimum Gasteiger partial charge on any atom is -0.364 e. The zero-order valence-electron chi connectivity index (χ0n) is 14.1. The van der Waals surface area contributed by atoms with E-state index < -0.39 is 0 Å². The summed E-state index contributed by atoms with van der Waals surface area (Å²) < 4.78 is 1.74. The van der Waals surface area contributed by atoms with Gasteiger partial charge < -0.3 is 15.5 Å². The lowest BCUT2D eigenvalue weighted by Crippen LogP contribution is -2.37. The standard InChI is InChI=1S/C17H23N7/c1-18-17(20-12-16-21-13-22-23(16)2)19-11-14-6-5-7-15(10-14)24-8-3-4-9-24/h3-7,10,13H,8-9,11-12H2,1-2H3,(H2,18,19,20). The highest BCUT2D eigenvalue weighted by molar-refractivity contribution is 5.79. The number of aryl methyl sites for hydroxylation is 1. The molecule has 0 bridgehead atoms. The van der Waals surface area contributed by atoms with Crippen molar-refractivity contribution in [3.63, 3.8) is 0 Å². The van der Waals surface area contributed by atoms with E-state index in [1.165, 1.54) is 11.3 Å². The summed E-state index contributed by atoms with van der Waals surface area (Å²) in [6.07, 6.45) is 5.94. The molecule has 0 fully saturated rings. The number of rotatable bonds is 5. The number of nitrogens with one attached hydrogen (secondary N) is 2. The van der Waals surface area contributed by atoms with Gasteiger partial charge in [-0.3, -0.25) is 9.67 Å². The third-order valence-electron chi connectivity index (χ3n) is 4.00. The molecule has 1 aromatic carbocycles. The largest absolute Gasteiger partial charge is 0.364 e. The first-order chi connectivity index (χ1) is 11.8. The van der Waals surface area contributed by atoms with Crippen LogP contribution < -0.4 is 15.5 Å². The zero-order valence-corrected chi connectivity index (χ0v) is 14.1. The molecule has 0 atom stereocenters. The van der Waals surface area contributed by atoms with Crippen LogP contribution in [0.4, 0.5) is 5.69 Å². The Morgan fingerprint density at radius 1 is 1.21 bits per heavy atom. The normalized spacial score (nSPS) is 14.2. The first kappa shape index (κ1) is 16.0. The molecule has 0 radical (unpaired) electrons. The molecule has 2 N–H and O–H groups in total. The van der Waals surface area contributed by atoms with Gasteiger partial charge in [0.15, 0.2) is 5.96 Å². The van der Waals surface area contributed by atoms with E-state index in [2.05, 4.69) is 67.0 Å². The summed E-state index contributed by atoms with van der Waals surface area (Å²) in [6, 6.07) is 8.59. The maximum atomic E-state index is 4.25. The second kappa shape index (κ2) is 7.63. The number of anilines is 1. The molecule has 0 spiro atoms. The van der Waals surface area contributed by atoms with Gasteiger partial charge in [-0.25, -0.2) is 4.98 Å². The van der Waals surface area contributed by atoms with Crippen molar-refractivity contribution in [2.75, 3.05) is 25.0 Å². The molecule has 1 aromatic heterocycles. The number of aromatic nitrogens is 3. The highest BCUT2D eigenvalue weighted by Crippen LogP contribution is 2.18. The van der Waals surface area contributed by atoms with E-state index in [0.29, 0.717) is 13.1 Å². The van der Waals surface area contributed by atoms with Crippen LogP contribution in [0.3, 0.4) is 0 Å². The Kier molecular flexibility index (Phi) is 5.10. The molecule has 2 aromatic rings. The fourth-order valence-corrected chi connectivity index (χ4v) is 2.60. The molecule has 3 rings (SSSR count). The van der Waals surface area contributed by atoms with Gasteiger partial charge in [0.2, 0.25) is 0 Å². The van der Waals surface area contributed by atoms with Gasteiger partial charge in [0, 0.05) is 39.4 Å². The summed E-state index contributed by atoms with van der Waals surface area (Å²) in [5, 5.41) is 10.6. The quantitative estimate of drug-likeness (QED) is 0.489. The predicted molar refractivity (Wildman–Crippen MR) is 95.8 cm³/mol. The van der Waals surface area contributed by atoms with E-state index in [1.54, 1.807) is 18.1 Å². The molecule has 0 unspecified atom stereocenters. The zero-order chi connectivity index (χ0) is 16.8. The van der Waals surface area contributed by atoms with Crippen LogP contribution in [0.1, 0.15) is 11.4 Å². The van der Waals surface area contributed by atoms with Crippen LogP contribution in [0.25, 0.3) is 0 Å². The fraction of sp³-hybridized carbons (Fsp3) is 0.353. The first-order valence-electron chi connectivity index (χ1n) is 8.02. The molecule has 0 amide bonds. The minimum absolute atomic E-state index is 0.579. The summed E-state index contributed by atoms with van der Waals surface area (Å²) in [6.45, 7) is 3.26. The lowest BCUT2D eigenvalue weighted by molar-refractivity contribution is 0.672. The SMILES string of the molecule is CN=C(NCc1cccc(N2CC=CC2)c1)NCc1ncnn1C. The third-order valence-corrected chi connectivity index (χ3v) is 4.00. The van der Waals surface area contributed by atoms with Crippen LogP contribution in [0, 0.1) is 0 Å². The van der Waals surface area contributed by atoms with E-state index in [4.69, 9.17) is 0 Å². The Morgan fingerprint density at radius 3 is 2.71 bits per heavy atom. The van der Waals surface area contributed by atoms with E-state index in [0.717, 1.165) is 24.9 Å². The van der Waals surface area contributed by atoms with Gasteiger partial charge in [-0.2, -0.15) is 5.10 Å². The Hall–Kier alpha value is -2.83. The molecule has 2 heterocycles. The number of hydrogen-bond donors (Lipinski definition) is 2. The highest BCUT2D eigenvalue weighted by Gasteiger charge is 2.08. The van der Waals surface area contributed by atoms with E-state index in [9.17, 15) is 0 Å². The number of guanidine groups is 1. The number of benzene rings is 1.